The highest BCUT2D eigenvalue weighted by Gasteiger charge is 2.34. The van der Waals surface area contributed by atoms with Crippen molar-refractivity contribution in [2.24, 2.45) is 5.92 Å². The van der Waals surface area contributed by atoms with Crippen LogP contribution in [0.15, 0.2) is 0 Å². The SMILES string of the molecule is O=C(O)C1CCN(C(=O)C2CCCCN2)C1. The predicted molar refractivity (Wildman–Crippen MR) is 58.0 cm³/mol. The lowest BCUT2D eigenvalue weighted by Gasteiger charge is -2.27. The first-order valence-electron chi connectivity index (χ1n) is 5.93. The van der Waals surface area contributed by atoms with Crippen LogP contribution in [0.25, 0.3) is 0 Å². The number of rotatable bonds is 2. The lowest BCUT2D eigenvalue weighted by atomic mass is 10.0. The minimum atomic E-state index is -0.785. The molecule has 2 N–H and O–H groups in total. The Bertz CT molecular complexity index is 287. The maximum Gasteiger partial charge on any atom is 0.308 e. The summed E-state index contributed by atoms with van der Waals surface area (Å²) in [4.78, 5) is 24.5. The van der Waals surface area contributed by atoms with Crippen LogP contribution in [0.5, 0.6) is 0 Å². The number of carboxylic acids is 1. The second kappa shape index (κ2) is 4.82. The minimum Gasteiger partial charge on any atom is -0.481 e. The molecule has 0 spiro atoms. The third-order valence-corrected chi connectivity index (χ3v) is 3.46. The van der Waals surface area contributed by atoms with E-state index in [1.165, 1.54) is 0 Å². The van der Waals surface area contributed by atoms with Crippen molar-refractivity contribution in [3.63, 3.8) is 0 Å². The first kappa shape index (κ1) is 11.4. The summed E-state index contributed by atoms with van der Waals surface area (Å²) in [6.07, 6.45) is 3.68. The molecule has 2 aliphatic rings. The standard InChI is InChI=1S/C11H18N2O3/c14-10(9-3-1-2-5-12-9)13-6-4-8(7-13)11(15)16/h8-9,12H,1-7H2,(H,15,16). The molecule has 5 nitrogen and oxygen atoms in total. The van der Waals surface area contributed by atoms with Crippen LogP contribution >= 0.6 is 0 Å². The molecule has 0 aliphatic carbocycles. The Morgan fingerprint density at radius 1 is 1.25 bits per heavy atom. The highest BCUT2D eigenvalue weighted by Crippen LogP contribution is 2.19. The Hall–Kier alpha value is -1.10. The van der Waals surface area contributed by atoms with Gasteiger partial charge in [0.25, 0.3) is 0 Å². The largest absolute Gasteiger partial charge is 0.481 e. The van der Waals surface area contributed by atoms with Gasteiger partial charge in [0, 0.05) is 13.1 Å². The Kier molecular flexibility index (Phi) is 3.43. The average molecular weight is 226 g/mol. The van der Waals surface area contributed by atoms with Crippen LogP contribution in [0.1, 0.15) is 25.7 Å². The molecule has 90 valence electrons. The van der Waals surface area contributed by atoms with Gasteiger partial charge in [-0.2, -0.15) is 0 Å². The summed E-state index contributed by atoms with van der Waals surface area (Å²) in [7, 11) is 0. The Morgan fingerprint density at radius 3 is 2.62 bits per heavy atom. The smallest absolute Gasteiger partial charge is 0.308 e. The highest BCUT2D eigenvalue weighted by atomic mass is 16.4. The summed E-state index contributed by atoms with van der Waals surface area (Å²) in [6.45, 7) is 1.87. The fraction of sp³-hybridized carbons (Fsp3) is 0.818. The van der Waals surface area contributed by atoms with E-state index < -0.39 is 5.97 Å². The van der Waals surface area contributed by atoms with E-state index in [1.54, 1.807) is 4.90 Å². The molecule has 5 heteroatoms. The van der Waals surface area contributed by atoms with E-state index in [1.807, 2.05) is 0 Å². The van der Waals surface area contributed by atoms with Crippen molar-refractivity contribution in [3.8, 4) is 0 Å². The monoisotopic (exact) mass is 226 g/mol. The van der Waals surface area contributed by atoms with Gasteiger partial charge in [-0.25, -0.2) is 0 Å². The summed E-state index contributed by atoms with van der Waals surface area (Å²) in [5.74, 6) is -1.07. The molecule has 2 rings (SSSR count). The molecular formula is C11H18N2O3. The number of piperidine rings is 1. The molecule has 0 aromatic rings. The number of carbonyl (C=O) groups excluding carboxylic acids is 1. The van der Waals surface area contributed by atoms with E-state index in [-0.39, 0.29) is 17.9 Å². The van der Waals surface area contributed by atoms with Crippen LogP contribution in [-0.4, -0.2) is 47.6 Å². The van der Waals surface area contributed by atoms with Crippen LogP contribution in [0.2, 0.25) is 0 Å². The van der Waals surface area contributed by atoms with Crippen molar-refractivity contribution < 1.29 is 14.7 Å². The first-order chi connectivity index (χ1) is 7.68. The van der Waals surface area contributed by atoms with Crippen LogP contribution < -0.4 is 5.32 Å². The molecule has 2 atom stereocenters. The second-order valence-corrected chi connectivity index (χ2v) is 4.61. The summed E-state index contributed by atoms with van der Waals surface area (Å²) in [5.41, 5.74) is 0. The van der Waals surface area contributed by atoms with Crippen molar-refractivity contribution in [1.82, 2.24) is 10.2 Å². The quantitative estimate of drug-likeness (QED) is 0.698. The van der Waals surface area contributed by atoms with Crippen molar-refractivity contribution >= 4 is 11.9 Å². The summed E-state index contributed by atoms with van der Waals surface area (Å²) >= 11 is 0. The molecule has 2 aliphatic heterocycles. The maximum atomic E-state index is 12.0. The molecule has 2 unspecified atom stereocenters. The highest BCUT2D eigenvalue weighted by molar-refractivity contribution is 5.83. The van der Waals surface area contributed by atoms with Gasteiger partial charge in [-0.05, 0) is 25.8 Å². The van der Waals surface area contributed by atoms with Gasteiger partial charge >= 0.3 is 5.97 Å². The van der Waals surface area contributed by atoms with Crippen LogP contribution in [0.4, 0.5) is 0 Å². The van der Waals surface area contributed by atoms with E-state index in [4.69, 9.17) is 5.11 Å². The number of hydrogen-bond donors (Lipinski definition) is 2. The van der Waals surface area contributed by atoms with Gasteiger partial charge in [-0.3, -0.25) is 9.59 Å². The van der Waals surface area contributed by atoms with Crippen molar-refractivity contribution in [3.05, 3.63) is 0 Å². The number of carboxylic acid groups (broad SMARTS) is 1. The summed E-state index contributed by atoms with van der Waals surface area (Å²) in [5, 5.41) is 12.1. The van der Waals surface area contributed by atoms with Crippen LogP contribution in [-0.2, 0) is 9.59 Å². The number of carbonyl (C=O) groups is 2. The molecule has 0 aromatic carbocycles. The normalized spacial score (nSPS) is 30.4. The summed E-state index contributed by atoms with van der Waals surface area (Å²) < 4.78 is 0. The Labute approximate surface area is 94.8 Å². The van der Waals surface area contributed by atoms with E-state index in [0.29, 0.717) is 19.5 Å². The fourth-order valence-corrected chi connectivity index (χ4v) is 2.45. The average Bonchev–Trinajstić information content (AvgIpc) is 2.78. The molecule has 0 aromatic heterocycles. The number of nitrogens with one attached hydrogen (secondary N) is 1. The zero-order valence-corrected chi connectivity index (χ0v) is 9.32. The third-order valence-electron chi connectivity index (χ3n) is 3.46. The molecule has 0 radical (unpaired) electrons. The van der Waals surface area contributed by atoms with Gasteiger partial charge in [0.1, 0.15) is 0 Å². The molecule has 16 heavy (non-hydrogen) atoms. The zero-order valence-electron chi connectivity index (χ0n) is 9.32. The van der Waals surface area contributed by atoms with Crippen molar-refractivity contribution in [2.75, 3.05) is 19.6 Å². The molecule has 2 heterocycles. The molecule has 0 bridgehead atoms. The van der Waals surface area contributed by atoms with Crippen LogP contribution in [0.3, 0.4) is 0 Å². The van der Waals surface area contributed by atoms with Gasteiger partial charge in [-0.15, -0.1) is 0 Å². The van der Waals surface area contributed by atoms with Crippen LogP contribution in [0, 0.1) is 5.92 Å². The summed E-state index contributed by atoms with van der Waals surface area (Å²) in [6, 6.07) is -0.0821. The molecule has 2 saturated heterocycles. The first-order valence-corrected chi connectivity index (χ1v) is 5.93. The number of likely N-dealkylation sites (tertiary alicyclic amines) is 1. The van der Waals surface area contributed by atoms with Gasteiger partial charge in [0.2, 0.25) is 5.91 Å². The Balaban J connectivity index is 1.88. The van der Waals surface area contributed by atoms with Gasteiger partial charge in [0.05, 0.1) is 12.0 Å². The lowest BCUT2D eigenvalue weighted by molar-refractivity contribution is -0.141. The number of nitrogens with zero attached hydrogens (tertiary/aromatic N) is 1. The fourth-order valence-electron chi connectivity index (χ4n) is 2.45. The predicted octanol–water partition coefficient (Wildman–Crippen LogP) is 0.0616. The number of amides is 1. The van der Waals surface area contributed by atoms with Crippen molar-refractivity contribution in [1.29, 1.82) is 0 Å². The maximum absolute atomic E-state index is 12.0. The van der Waals surface area contributed by atoms with Gasteiger partial charge in [-0.1, -0.05) is 6.42 Å². The van der Waals surface area contributed by atoms with E-state index in [2.05, 4.69) is 5.32 Å². The topological polar surface area (TPSA) is 69.6 Å². The minimum absolute atomic E-state index is 0.0821. The van der Waals surface area contributed by atoms with Crippen molar-refractivity contribution in [2.45, 2.75) is 31.7 Å². The molecule has 1 amide bonds. The lowest BCUT2D eigenvalue weighted by Crippen LogP contribution is -2.48. The number of hydrogen-bond acceptors (Lipinski definition) is 3. The van der Waals surface area contributed by atoms with E-state index in [9.17, 15) is 9.59 Å². The van der Waals surface area contributed by atoms with E-state index >= 15 is 0 Å². The molecule has 0 saturated carbocycles. The number of aliphatic carboxylic acids is 1. The van der Waals surface area contributed by atoms with Gasteiger partial charge in [0.15, 0.2) is 0 Å². The molecule has 2 fully saturated rings. The second-order valence-electron chi connectivity index (χ2n) is 4.61. The van der Waals surface area contributed by atoms with Gasteiger partial charge < -0.3 is 15.3 Å². The zero-order chi connectivity index (χ0) is 11.5. The Morgan fingerprint density at radius 2 is 2.06 bits per heavy atom. The molecular weight excluding hydrogens is 208 g/mol. The van der Waals surface area contributed by atoms with E-state index in [0.717, 1.165) is 25.8 Å². The third kappa shape index (κ3) is 2.35.